The lowest BCUT2D eigenvalue weighted by Gasteiger charge is -2.33. The summed E-state index contributed by atoms with van der Waals surface area (Å²) >= 11 is 0. The third-order valence-corrected chi connectivity index (χ3v) is 4.90. The Labute approximate surface area is 191 Å². The molecule has 8 heteroatoms. The number of nitrogens with one attached hydrogen (secondary N) is 2. The summed E-state index contributed by atoms with van der Waals surface area (Å²) in [4.78, 5) is 40.0. The van der Waals surface area contributed by atoms with E-state index in [0.29, 0.717) is 17.7 Å². The highest BCUT2D eigenvalue weighted by molar-refractivity contribution is 5.92. The van der Waals surface area contributed by atoms with E-state index in [4.69, 9.17) is 4.74 Å². The standard InChI is InChI=1S/C24H39N3O5/c1-8-10-11-14-25-21(29)20(18-12-13-19(28)16(3)15-18)27(9-2)22(30)17(4)26-23(31)32-24(5,6)7/h12-13,15,17,20,28H,8-11,14H2,1-7H3,(H,25,29)(H,26,31). The van der Waals surface area contributed by atoms with E-state index in [1.54, 1.807) is 53.7 Å². The van der Waals surface area contributed by atoms with Crippen LogP contribution in [0, 0.1) is 6.92 Å². The minimum absolute atomic E-state index is 0.116. The van der Waals surface area contributed by atoms with Gasteiger partial charge in [-0.25, -0.2) is 4.79 Å². The number of hydrogen-bond donors (Lipinski definition) is 3. The molecule has 1 rings (SSSR count). The van der Waals surface area contributed by atoms with Crippen LogP contribution in [0.2, 0.25) is 0 Å². The van der Waals surface area contributed by atoms with E-state index in [2.05, 4.69) is 17.6 Å². The summed E-state index contributed by atoms with van der Waals surface area (Å²) in [5.74, 6) is -0.589. The molecule has 0 fully saturated rings. The molecule has 1 aromatic rings. The molecular formula is C24H39N3O5. The zero-order chi connectivity index (χ0) is 24.5. The number of aromatic hydroxyl groups is 1. The number of amides is 3. The number of nitrogens with zero attached hydrogens (tertiary/aromatic N) is 1. The first-order valence-corrected chi connectivity index (χ1v) is 11.3. The monoisotopic (exact) mass is 449 g/mol. The molecule has 180 valence electrons. The van der Waals surface area contributed by atoms with E-state index in [-0.39, 0.29) is 18.2 Å². The second kappa shape index (κ2) is 12.3. The number of carbonyl (C=O) groups excluding carboxylic acids is 3. The molecule has 0 spiro atoms. The van der Waals surface area contributed by atoms with Crippen molar-refractivity contribution in [1.29, 1.82) is 0 Å². The van der Waals surface area contributed by atoms with Crippen molar-refractivity contribution in [3.8, 4) is 5.75 Å². The number of carbonyl (C=O) groups is 3. The van der Waals surface area contributed by atoms with Crippen molar-refractivity contribution < 1.29 is 24.2 Å². The Hall–Kier alpha value is -2.77. The van der Waals surface area contributed by atoms with E-state index < -0.39 is 29.7 Å². The van der Waals surface area contributed by atoms with Gasteiger partial charge in [0.05, 0.1) is 0 Å². The van der Waals surface area contributed by atoms with Gasteiger partial charge in [0.1, 0.15) is 23.4 Å². The second-order valence-electron chi connectivity index (χ2n) is 8.94. The number of hydrogen-bond acceptors (Lipinski definition) is 5. The van der Waals surface area contributed by atoms with E-state index >= 15 is 0 Å². The maximum Gasteiger partial charge on any atom is 0.408 e. The molecule has 0 heterocycles. The first-order chi connectivity index (χ1) is 14.9. The van der Waals surface area contributed by atoms with Crippen molar-refractivity contribution in [3.05, 3.63) is 29.3 Å². The molecule has 0 bridgehead atoms. The van der Waals surface area contributed by atoms with E-state index in [9.17, 15) is 19.5 Å². The molecule has 2 unspecified atom stereocenters. The largest absolute Gasteiger partial charge is 0.508 e. The van der Waals surface area contributed by atoms with Crippen LogP contribution in [0.3, 0.4) is 0 Å². The highest BCUT2D eigenvalue weighted by Crippen LogP contribution is 2.27. The van der Waals surface area contributed by atoms with Gasteiger partial charge in [-0.15, -0.1) is 0 Å². The quantitative estimate of drug-likeness (QED) is 0.471. The number of rotatable bonds is 10. The molecule has 0 aliphatic heterocycles. The van der Waals surface area contributed by atoms with Crippen molar-refractivity contribution in [2.24, 2.45) is 0 Å². The first-order valence-electron chi connectivity index (χ1n) is 11.3. The van der Waals surface area contributed by atoms with Crippen molar-refractivity contribution in [3.63, 3.8) is 0 Å². The van der Waals surface area contributed by atoms with Crippen LogP contribution in [0.15, 0.2) is 18.2 Å². The average Bonchev–Trinajstić information content (AvgIpc) is 2.69. The van der Waals surface area contributed by atoms with Gasteiger partial charge in [0.15, 0.2) is 0 Å². The second-order valence-corrected chi connectivity index (χ2v) is 8.94. The third kappa shape index (κ3) is 8.40. The summed E-state index contributed by atoms with van der Waals surface area (Å²) in [7, 11) is 0. The minimum atomic E-state index is -0.892. The number of unbranched alkanes of at least 4 members (excludes halogenated alkanes) is 2. The first kappa shape index (κ1) is 27.3. The highest BCUT2D eigenvalue weighted by atomic mass is 16.6. The highest BCUT2D eigenvalue weighted by Gasteiger charge is 2.33. The Morgan fingerprint density at radius 2 is 1.81 bits per heavy atom. The van der Waals surface area contributed by atoms with Crippen LogP contribution in [-0.4, -0.2) is 52.6 Å². The topological polar surface area (TPSA) is 108 Å². The van der Waals surface area contributed by atoms with E-state index in [1.807, 2.05) is 0 Å². The number of phenolic OH excluding ortho intramolecular Hbond substituents is 1. The Bertz CT molecular complexity index is 788. The van der Waals surface area contributed by atoms with Gasteiger partial charge in [-0.05, 0) is 71.2 Å². The SMILES string of the molecule is CCCCCNC(=O)C(c1ccc(O)c(C)c1)N(CC)C(=O)C(C)NC(=O)OC(C)(C)C. The predicted molar refractivity (Wildman–Crippen MR) is 124 cm³/mol. The molecule has 1 aromatic carbocycles. The number of likely N-dealkylation sites (N-methyl/N-ethyl adjacent to an activating group) is 1. The molecule has 0 saturated carbocycles. The summed E-state index contributed by atoms with van der Waals surface area (Å²) in [5, 5.41) is 15.4. The Morgan fingerprint density at radius 1 is 1.16 bits per heavy atom. The number of ether oxygens (including phenoxy) is 1. The normalized spacial score (nSPS) is 13.1. The van der Waals surface area contributed by atoms with Crippen LogP contribution in [0.5, 0.6) is 5.75 Å². The molecule has 0 saturated heterocycles. The lowest BCUT2D eigenvalue weighted by molar-refractivity contribution is -0.141. The average molecular weight is 450 g/mol. The molecule has 32 heavy (non-hydrogen) atoms. The van der Waals surface area contributed by atoms with Gasteiger partial charge in [0, 0.05) is 13.1 Å². The van der Waals surface area contributed by atoms with Gasteiger partial charge in [-0.3, -0.25) is 9.59 Å². The van der Waals surface area contributed by atoms with Crippen LogP contribution in [0.25, 0.3) is 0 Å². The van der Waals surface area contributed by atoms with Gasteiger partial charge in [0.2, 0.25) is 11.8 Å². The van der Waals surface area contributed by atoms with Crippen LogP contribution in [0.4, 0.5) is 4.79 Å². The van der Waals surface area contributed by atoms with E-state index in [1.165, 1.54) is 11.0 Å². The fourth-order valence-corrected chi connectivity index (χ4v) is 3.27. The fraction of sp³-hybridized carbons (Fsp3) is 0.625. The number of phenols is 1. The van der Waals surface area contributed by atoms with Crippen molar-refractivity contribution in [1.82, 2.24) is 15.5 Å². The number of aryl methyl sites for hydroxylation is 1. The predicted octanol–water partition coefficient (Wildman–Crippen LogP) is 3.81. The molecule has 0 aromatic heterocycles. The summed E-state index contributed by atoms with van der Waals surface area (Å²) in [5.41, 5.74) is 0.504. The summed E-state index contributed by atoms with van der Waals surface area (Å²) in [6, 6.07) is 3.08. The Morgan fingerprint density at radius 3 is 2.34 bits per heavy atom. The zero-order valence-electron chi connectivity index (χ0n) is 20.4. The zero-order valence-corrected chi connectivity index (χ0v) is 20.4. The molecule has 0 aliphatic rings. The third-order valence-electron chi connectivity index (χ3n) is 4.90. The Balaban J connectivity index is 3.14. The Kier molecular flexibility index (Phi) is 10.5. The molecular weight excluding hydrogens is 410 g/mol. The van der Waals surface area contributed by atoms with Crippen molar-refractivity contribution >= 4 is 17.9 Å². The lowest BCUT2D eigenvalue weighted by atomic mass is 10.0. The summed E-state index contributed by atoms with van der Waals surface area (Å²) in [6.07, 6.45) is 2.18. The van der Waals surface area contributed by atoms with Crippen molar-refractivity contribution in [2.45, 2.75) is 85.4 Å². The van der Waals surface area contributed by atoms with Gasteiger partial charge >= 0.3 is 6.09 Å². The summed E-state index contributed by atoms with van der Waals surface area (Å²) < 4.78 is 5.24. The van der Waals surface area contributed by atoms with Crippen LogP contribution < -0.4 is 10.6 Å². The molecule has 3 amide bonds. The fourth-order valence-electron chi connectivity index (χ4n) is 3.27. The van der Waals surface area contributed by atoms with Gasteiger partial charge in [0.25, 0.3) is 0 Å². The molecule has 2 atom stereocenters. The van der Waals surface area contributed by atoms with Crippen molar-refractivity contribution in [2.75, 3.05) is 13.1 Å². The minimum Gasteiger partial charge on any atom is -0.508 e. The van der Waals surface area contributed by atoms with Gasteiger partial charge in [-0.1, -0.05) is 25.8 Å². The number of benzene rings is 1. The lowest BCUT2D eigenvalue weighted by Crippen LogP contribution is -2.52. The maximum absolute atomic E-state index is 13.2. The molecule has 0 radical (unpaired) electrons. The van der Waals surface area contributed by atoms with Crippen LogP contribution >= 0.6 is 0 Å². The van der Waals surface area contributed by atoms with Gasteiger partial charge in [-0.2, -0.15) is 0 Å². The smallest absolute Gasteiger partial charge is 0.408 e. The molecule has 3 N–H and O–H groups in total. The summed E-state index contributed by atoms with van der Waals surface area (Å²) in [6.45, 7) is 13.1. The number of alkyl carbamates (subject to hydrolysis) is 1. The van der Waals surface area contributed by atoms with E-state index in [0.717, 1.165) is 19.3 Å². The van der Waals surface area contributed by atoms with Crippen LogP contribution in [0.1, 0.15) is 78.0 Å². The molecule has 0 aliphatic carbocycles. The van der Waals surface area contributed by atoms with Gasteiger partial charge < -0.3 is 25.4 Å². The van der Waals surface area contributed by atoms with Crippen LogP contribution in [-0.2, 0) is 14.3 Å². The molecule has 8 nitrogen and oxygen atoms in total. The maximum atomic E-state index is 13.2.